The van der Waals surface area contributed by atoms with Gasteiger partial charge in [0.2, 0.25) is 0 Å². The second-order valence-corrected chi connectivity index (χ2v) is 8.60. The average molecular weight is 458 g/mol. The predicted molar refractivity (Wildman–Crippen MR) is 137 cm³/mol. The zero-order valence-corrected chi connectivity index (χ0v) is 19.9. The standard InChI is InChI=1S/C26H27N5OS/c1-4-5-8-19-10-12-21(13-11-19)31-29-23-15-18(3)22(16-24(23)30-31)27-26(33)28-25(32)20-9-6-7-17(2)14-20/h6-7,9-16H,4-5,8H2,1-3H3,(H2,27,28,32,33). The molecule has 1 amide bonds. The van der Waals surface area contributed by atoms with Crippen LogP contribution in [0.1, 0.15) is 46.8 Å². The van der Waals surface area contributed by atoms with Crippen molar-refractivity contribution >= 4 is 40.0 Å². The SMILES string of the molecule is CCCCc1ccc(-n2nc3cc(C)c(NC(=S)NC(=O)c4cccc(C)c4)cc3n2)cc1. The molecule has 0 atom stereocenters. The Morgan fingerprint density at radius 2 is 1.73 bits per heavy atom. The highest BCUT2D eigenvalue weighted by molar-refractivity contribution is 7.80. The van der Waals surface area contributed by atoms with Crippen molar-refractivity contribution < 1.29 is 4.79 Å². The highest BCUT2D eigenvalue weighted by Crippen LogP contribution is 2.22. The molecule has 0 aliphatic carbocycles. The van der Waals surface area contributed by atoms with Gasteiger partial charge in [-0.25, -0.2) is 0 Å². The zero-order chi connectivity index (χ0) is 23.4. The largest absolute Gasteiger partial charge is 0.332 e. The van der Waals surface area contributed by atoms with Gasteiger partial charge < -0.3 is 5.32 Å². The van der Waals surface area contributed by atoms with E-state index in [-0.39, 0.29) is 11.0 Å². The third-order valence-electron chi connectivity index (χ3n) is 5.47. The minimum Gasteiger partial charge on any atom is -0.332 e. The van der Waals surface area contributed by atoms with E-state index in [0.717, 1.165) is 40.0 Å². The van der Waals surface area contributed by atoms with Gasteiger partial charge in [-0.15, -0.1) is 10.2 Å². The van der Waals surface area contributed by atoms with Crippen molar-refractivity contribution in [3.05, 3.63) is 82.9 Å². The Labute approximate surface area is 199 Å². The maximum Gasteiger partial charge on any atom is 0.257 e. The highest BCUT2D eigenvalue weighted by Gasteiger charge is 2.12. The molecule has 0 aliphatic rings. The van der Waals surface area contributed by atoms with Crippen LogP contribution in [0.3, 0.4) is 0 Å². The van der Waals surface area contributed by atoms with Gasteiger partial charge in [-0.1, -0.05) is 43.2 Å². The molecule has 4 rings (SSSR count). The van der Waals surface area contributed by atoms with E-state index in [9.17, 15) is 4.79 Å². The Balaban J connectivity index is 1.49. The van der Waals surface area contributed by atoms with Gasteiger partial charge in [-0.2, -0.15) is 4.80 Å². The van der Waals surface area contributed by atoms with Gasteiger partial charge in [0.15, 0.2) is 5.11 Å². The van der Waals surface area contributed by atoms with E-state index in [1.807, 2.05) is 56.3 Å². The van der Waals surface area contributed by atoms with Crippen LogP contribution in [0.15, 0.2) is 60.7 Å². The summed E-state index contributed by atoms with van der Waals surface area (Å²) in [5, 5.41) is 15.4. The summed E-state index contributed by atoms with van der Waals surface area (Å²) in [6.07, 6.45) is 3.45. The number of anilines is 1. The molecule has 6 nitrogen and oxygen atoms in total. The molecule has 168 valence electrons. The first kappa shape index (κ1) is 22.6. The highest BCUT2D eigenvalue weighted by atomic mass is 32.1. The molecule has 0 bridgehead atoms. The van der Waals surface area contributed by atoms with E-state index in [1.165, 1.54) is 18.4 Å². The first-order chi connectivity index (χ1) is 15.9. The van der Waals surface area contributed by atoms with Crippen LogP contribution in [0.5, 0.6) is 0 Å². The Morgan fingerprint density at radius 3 is 2.42 bits per heavy atom. The van der Waals surface area contributed by atoms with Gasteiger partial charge in [-0.05, 0) is 86.4 Å². The number of hydrogen-bond acceptors (Lipinski definition) is 4. The number of aryl methyl sites for hydroxylation is 3. The van der Waals surface area contributed by atoms with Gasteiger partial charge in [0, 0.05) is 11.3 Å². The number of thiocarbonyl (C=S) groups is 1. The van der Waals surface area contributed by atoms with Crippen LogP contribution in [-0.2, 0) is 6.42 Å². The fraction of sp³-hybridized carbons (Fsp3) is 0.231. The van der Waals surface area contributed by atoms with Crippen molar-refractivity contribution in [3.8, 4) is 5.69 Å². The van der Waals surface area contributed by atoms with Crippen LogP contribution in [0.4, 0.5) is 5.69 Å². The summed E-state index contributed by atoms with van der Waals surface area (Å²) in [5.74, 6) is -0.247. The van der Waals surface area contributed by atoms with E-state index in [4.69, 9.17) is 12.2 Å². The first-order valence-electron chi connectivity index (χ1n) is 11.1. The number of amides is 1. The number of aromatic nitrogens is 3. The molecule has 0 saturated carbocycles. The van der Waals surface area contributed by atoms with Crippen molar-refractivity contribution in [2.45, 2.75) is 40.0 Å². The second kappa shape index (κ2) is 9.92. The van der Waals surface area contributed by atoms with Crippen LogP contribution in [0.25, 0.3) is 16.7 Å². The molecule has 0 aliphatic heterocycles. The van der Waals surface area contributed by atoms with Gasteiger partial charge in [0.05, 0.1) is 5.69 Å². The number of carbonyl (C=O) groups excluding carboxylic acids is 1. The maximum atomic E-state index is 12.5. The zero-order valence-electron chi connectivity index (χ0n) is 19.1. The molecule has 4 aromatic rings. The Bertz CT molecular complexity index is 1310. The summed E-state index contributed by atoms with van der Waals surface area (Å²) in [4.78, 5) is 14.1. The summed E-state index contributed by atoms with van der Waals surface area (Å²) in [6, 6.07) is 19.6. The molecule has 0 radical (unpaired) electrons. The van der Waals surface area contributed by atoms with E-state index < -0.39 is 0 Å². The molecule has 0 unspecified atom stereocenters. The number of benzene rings is 3. The molecule has 1 heterocycles. The number of fused-ring (bicyclic) bond motifs is 1. The number of rotatable bonds is 6. The third kappa shape index (κ3) is 5.43. The Morgan fingerprint density at radius 1 is 1.00 bits per heavy atom. The number of nitrogens with zero attached hydrogens (tertiary/aromatic N) is 3. The van der Waals surface area contributed by atoms with Crippen LogP contribution >= 0.6 is 12.2 Å². The summed E-state index contributed by atoms with van der Waals surface area (Å²) < 4.78 is 0. The molecule has 33 heavy (non-hydrogen) atoms. The van der Waals surface area contributed by atoms with Crippen molar-refractivity contribution in [2.24, 2.45) is 0 Å². The Kier molecular flexibility index (Phi) is 6.79. The van der Waals surface area contributed by atoms with Crippen molar-refractivity contribution in [2.75, 3.05) is 5.32 Å². The maximum absolute atomic E-state index is 12.5. The molecule has 1 aromatic heterocycles. The van der Waals surface area contributed by atoms with Crippen LogP contribution in [-0.4, -0.2) is 26.0 Å². The normalized spacial score (nSPS) is 10.9. The predicted octanol–water partition coefficient (Wildman–Crippen LogP) is 5.51. The van der Waals surface area contributed by atoms with E-state index in [2.05, 4.69) is 39.9 Å². The molecular weight excluding hydrogens is 430 g/mol. The van der Waals surface area contributed by atoms with E-state index in [1.54, 1.807) is 10.9 Å². The lowest BCUT2D eigenvalue weighted by atomic mass is 10.1. The minimum atomic E-state index is -0.247. The molecule has 0 saturated heterocycles. The van der Waals surface area contributed by atoms with Crippen LogP contribution in [0.2, 0.25) is 0 Å². The minimum absolute atomic E-state index is 0.235. The number of nitrogens with one attached hydrogen (secondary N) is 2. The topological polar surface area (TPSA) is 71.8 Å². The number of carbonyl (C=O) groups is 1. The third-order valence-corrected chi connectivity index (χ3v) is 5.67. The van der Waals surface area contributed by atoms with Crippen molar-refractivity contribution in [1.82, 2.24) is 20.3 Å². The number of hydrogen-bond donors (Lipinski definition) is 2. The summed E-state index contributed by atoms with van der Waals surface area (Å²) in [7, 11) is 0. The van der Waals surface area contributed by atoms with Crippen LogP contribution < -0.4 is 10.6 Å². The van der Waals surface area contributed by atoms with E-state index in [0.29, 0.717) is 5.56 Å². The first-order valence-corrected chi connectivity index (χ1v) is 11.5. The van der Waals surface area contributed by atoms with Crippen LogP contribution in [0, 0.1) is 13.8 Å². The van der Waals surface area contributed by atoms with E-state index >= 15 is 0 Å². The smallest absolute Gasteiger partial charge is 0.257 e. The Hall–Kier alpha value is -3.58. The van der Waals surface area contributed by atoms with Gasteiger partial charge >= 0.3 is 0 Å². The van der Waals surface area contributed by atoms with Gasteiger partial charge in [0.25, 0.3) is 5.91 Å². The lowest BCUT2D eigenvalue weighted by Crippen LogP contribution is -2.34. The monoisotopic (exact) mass is 457 g/mol. The fourth-order valence-corrected chi connectivity index (χ4v) is 3.81. The molecule has 0 spiro atoms. The number of unbranched alkanes of at least 4 members (excludes halogenated alkanes) is 1. The van der Waals surface area contributed by atoms with Crippen molar-refractivity contribution in [3.63, 3.8) is 0 Å². The molecular formula is C26H27N5OS. The molecule has 0 fully saturated rings. The van der Waals surface area contributed by atoms with Gasteiger partial charge in [0.1, 0.15) is 11.0 Å². The second-order valence-electron chi connectivity index (χ2n) is 8.19. The van der Waals surface area contributed by atoms with Crippen molar-refractivity contribution in [1.29, 1.82) is 0 Å². The summed E-state index contributed by atoms with van der Waals surface area (Å²) in [6.45, 7) is 6.11. The summed E-state index contributed by atoms with van der Waals surface area (Å²) in [5.41, 5.74) is 7.08. The quantitative estimate of drug-likeness (QED) is 0.374. The molecule has 2 N–H and O–H groups in total. The lowest BCUT2D eigenvalue weighted by molar-refractivity contribution is 0.0977. The lowest BCUT2D eigenvalue weighted by Gasteiger charge is -2.11. The van der Waals surface area contributed by atoms with Gasteiger partial charge in [-0.3, -0.25) is 10.1 Å². The average Bonchev–Trinajstić information content (AvgIpc) is 3.20. The fourth-order valence-electron chi connectivity index (χ4n) is 3.61. The molecule has 7 heteroatoms. The molecule has 3 aromatic carbocycles. The summed E-state index contributed by atoms with van der Waals surface area (Å²) >= 11 is 5.37.